The van der Waals surface area contributed by atoms with Crippen LogP contribution in [0.4, 0.5) is 26.3 Å². The number of nitrogens with zero attached hydrogens (tertiary/aromatic N) is 2. The zero-order chi connectivity index (χ0) is 21.7. The van der Waals surface area contributed by atoms with E-state index < -0.39 is 41.9 Å². The summed E-state index contributed by atoms with van der Waals surface area (Å²) in [6.07, 6.45) is 2.71. The van der Waals surface area contributed by atoms with Crippen LogP contribution < -0.4 is 0 Å². The molecule has 0 spiro atoms. The van der Waals surface area contributed by atoms with Gasteiger partial charge in [0.15, 0.2) is 20.0 Å². The highest BCUT2D eigenvalue weighted by Gasteiger charge is 2.46. The molecule has 1 unspecified atom stereocenters. The fourth-order valence-electron chi connectivity index (χ4n) is 2.00. The molecule has 1 aliphatic rings. The molecule has 0 N–H and O–H groups in total. The lowest BCUT2D eigenvalue weighted by atomic mass is 10.4. The Hall–Kier alpha value is -0.450. The number of likely N-dealkylation sites (tertiary alicyclic amines) is 1. The van der Waals surface area contributed by atoms with Gasteiger partial charge in [0.25, 0.3) is 0 Å². The molecule has 0 saturated carbocycles. The van der Waals surface area contributed by atoms with E-state index in [-0.39, 0.29) is 0 Å². The summed E-state index contributed by atoms with van der Waals surface area (Å²) in [7, 11) is -11.7. The molecular formula is C11H20F6N2O5S3. The molecule has 16 heteroatoms. The first-order valence-corrected chi connectivity index (χ1v) is 11.8. The number of sulfonamides is 2. The number of hydrogen-bond acceptors (Lipinski definition) is 5. The lowest BCUT2D eigenvalue weighted by molar-refractivity contribution is -0.895. The van der Waals surface area contributed by atoms with Crippen LogP contribution in [0, 0.1) is 0 Å². The van der Waals surface area contributed by atoms with Gasteiger partial charge in [-0.2, -0.15) is 26.3 Å². The third-order valence-electron chi connectivity index (χ3n) is 3.61. The van der Waals surface area contributed by atoms with E-state index in [1.165, 1.54) is 25.9 Å². The average molecular weight is 470 g/mol. The molecule has 1 heterocycles. The van der Waals surface area contributed by atoms with Crippen LogP contribution in [0.15, 0.2) is 0 Å². The van der Waals surface area contributed by atoms with Gasteiger partial charge in [-0.3, -0.25) is 4.21 Å². The molecule has 0 radical (unpaired) electrons. The third kappa shape index (κ3) is 8.62. The van der Waals surface area contributed by atoms with Crippen LogP contribution in [0.3, 0.4) is 0 Å². The largest absolute Gasteiger partial charge is 0.480 e. The van der Waals surface area contributed by atoms with Gasteiger partial charge in [-0.15, -0.1) is 0 Å². The second-order valence-corrected chi connectivity index (χ2v) is 11.1. The summed E-state index contributed by atoms with van der Waals surface area (Å²) in [6, 6.07) is 0. The van der Waals surface area contributed by atoms with Crippen molar-refractivity contribution in [1.29, 1.82) is 0 Å². The van der Waals surface area contributed by atoms with Crippen LogP contribution in [0.25, 0.3) is 4.13 Å². The first kappa shape index (κ1) is 26.6. The molecule has 0 bridgehead atoms. The van der Waals surface area contributed by atoms with Gasteiger partial charge in [0, 0.05) is 29.4 Å². The number of quaternary nitrogens is 1. The molecule has 0 aromatic rings. The summed E-state index contributed by atoms with van der Waals surface area (Å²) in [5, 5.41) is 0. The van der Waals surface area contributed by atoms with Gasteiger partial charge in [-0.25, -0.2) is 16.8 Å². The van der Waals surface area contributed by atoms with Gasteiger partial charge >= 0.3 is 11.0 Å². The molecule has 1 aliphatic heterocycles. The van der Waals surface area contributed by atoms with Gasteiger partial charge in [0.2, 0.25) is 0 Å². The van der Waals surface area contributed by atoms with Gasteiger partial charge in [-0.05, 0) is 0 Å². The minimum Gasteiger partial charge on any atom is -0.421 e. The summed E-state index contributed by atoms with van der Waals surface area (Å²) in [5.74, 6) is 1.72. The highest BCUT2D eigenvalue weighted by Crippen LogP contribution is 2.36. The van der Waals surface area contributed by atoms with Crippen molar-refractivity contribution in [2.24, 2.45) is 0 Å². The van der Waals surface area contributed by atoms with E-state index in [0.29, 0.717) is 0 Å². The van der Waals surface area contributed by atoms with E-state index in [1.54, 1.807) is 0 Å². The standard InChI is InChI=1S/C9H20NOS.C2F6NO4S2/c1-3-12(11)9-8-10(2)6-4-5-7-10;3-1(4,5)14(10,11)9-15(12,13)2(6,7)8/h3-9H2,1-2H3;/q+1;-1. The average Bonchev–Trinajstić information content (AvgIpc) is 2.89. The lowest BCUT2D eigenvalue weighted by Gasteiger charge is -2.28. The van der Waals surface area contributed by atoms with Crippen LogP contribution in [-0.4, -0.2) is 74.7 Å². The highest BCUT2D eigenvalue weighted by atomic mass is 32.3. The monoisotopic (exact) mass is 470 g/mol. The normalized spacial score (nSPS) is 19.3. The molecule has 1 rings (SSSR count). The Bertz CT molecular complexity index is 670. The number of alkyl halides is 6. The topological polar surface area (TPSA) is 99.4 Å². The molecular weight excluding hydrogens is 450 g/mol. The van der Waals surface area contributed by atoms with Crippen LogP contribution in [-0.2, 0) is 30.8 Å². The Labute approximate surface area is 156 Å². The van der Waals surface area contributed by atoms with Gasteiger partial charge < -0.3 is 8.61 Å². The zero-order valence-corrected chi connectivity index (χ0v) is 16.8. The summed E-state index contributed by atoms with van der Waals surface area (Å²) in [5.41, 5.74) is -12.4. The maximum Gasteiger partial charge on any atom is 0.480 e. The SMILES string of the molecule is CCS(=O)CC[N+]1(C)CCCC1.O=S(=O)([N-]S(=O)(=O)C(F)(F)F)C(F)(F)F. The number of rotatable bonds is 6. The van der Waals surface area contributed by atoms with E-state index in [4.69, 9.17) is 0 Å². The molecule has 0 amide bonds. The summed E-state index contributed by atoms with van der Waals surface area (Å²) in [4.78, 5) is 0. The summed E-state index contributed by atoms with van der Waals surface area (Å²) < 4.78 is 122. The van der Waals surface area contributed by atoms with Crippen molar-refractivity contribution in [3.05, 3.63) is 4.13 Å². The maximum atomic E-state index is 11.4. The van der Waals surface area contributed by atoms with Crippen molar-refractivity contribution >= 4 is 30.8 Å². The Kier molecular flexibility index (Phi) is 9.21. The van der Waals surface area contributed by atoms with Gasteiger partial charge in [0.1, 0.15) is 0 Å². The number of hydrogen-bond donors (Lipinski definition) is 0. The maximum absolute atomic E-state index is 11.4. The first-order valence-electron chi connectivity index (χ1n) is 7.42. The fourth-order valence-corrected chi connectivity index (χ4v) is 4.65. The van der Waals surface area contributed by atoms with Crippen molar-refractivity contribution in [3.63, 3.8) is 0 Å². The minimum atomic E-state index is -6.72. The molecule has 1 atom stereocenters. The van der Waals surface area contributed by atoms with E-state index in [2.05, 4.69) is 7.05 Å². The molecule has 27 heavy (non-hydrogen) atoms. The molecule has 1 saturated heterocycles. The van der Waals surface area contributed by atoms with Gasteiger partial charge in [0.05, 0.1) is 32.4 Å². The Morgan fingerprint density at radius 3 is 1.59 bits per heavy atom. The van der Waals surface area contributed by atoms with Crippen molar-refractivity contribution in [3.8, 4) is 0 Å². The first-order chi connectivity index (χ1) is 11.9. The predicted octanol–water partition coefficient (Wildman–Crippen LogP) is 2.05. The van der Waals surface area contributed by atoms with E-state index >= 15 is 0 Å². The van der Waals surface area contributed by atoms with Crippen LogP contribution in [0.2, 0.25) is 0 Å². The van der Waals surface area contributed by atoms with E-state index in [0.717, 1.165) is 26.7 Å². The second-order valence-electron chi connectivity index (χ2n) is 5.85. The second kappa shape index (κ2) is 9.37. The zero-order valence-electron chi connectivity index (χ0n) is 14.4. The molecule has 7 nitrogen and oxygen atoms in total. The van der Waals surface area contributed by atoms with Crippen LogP contribution in [0.1, 0.15) is 19.8 Å². The predicted molar refractivity (Wildman–Crippen MR) is 86.9 cm³/mol. The Morgan fingerprint density at radius 1 is 0.926 bits per heavy atom. The Morgan fingerprint density at radius 2 is 1.30 bits per heavy atom. The molecule has 1 fully saturated rings. The third-order valence-corrected chi connectivity index (χ3v) is 7.63. The molecule has 0 aromatic carbocycles. The van der Waals surface area contributed by atoms with Crippen molar-refractivity contribution in [2.75, 3.05) is 38.2 Å². The minimum absolute atomic E-state index is 0.565. The van der Waals surface area contributed by atoms with Gasteiger partial charge in [-0.1, -0.05) is 6.92 Å². The summed E-state index contributed by atoms with van der Waals surface area (Å²) in [6.45, 7) is 5.70. The lowest BCUT2D eigenvalue weighted by Crippen LogP contribution is -2.43. The van der Waals surface area contributed by atoms with Crippen molar-refractivity contribution in [1.82, 2.24) is 0 Å². The number of halogens is 6. The van der Waals surface area contributed by atoms with E-state index in [9.17, 15) is 47.4 Å². The highest BCUT2D eigenvalue weighted by molar-refractivity contribution is 8.13. The fraction of sp³-hybridized carbons (Fsp3) is 1.00. The van der Waals surface area contributed by atoms with Crippen LogP contribution in [0.5, 0.6) is 0 Å². The summed E-state index contributed by atoms with van der Waals surface area (Å²) >= 11 is 0. The van der Waals surface area contributed by atoms with Crippen LogP contribution >= 0.6 is 0 Å². The molecule has 0 aliphatic carbocycles. The quantitative estimate of drug-likeness (QED) is 0.437. The smallest absolute Gasteiger partial charge is 0.421 e. The molecule has 0 aromatic heterocycles. The Balaban J connectivity index is 0.000000511. The van der Waals surface area contributed by atoms with E-state index in [1.807, 2.05) is 6.92 Å². The molecule has 164 valence electrons. The van der Waals surface area contributed by atoms with Crippen molar-refractivity contribution < 1.29 is 51.9 Å². The van der Waals surface area contributed by atoms with Crippen molar-refractivity contribution in [2.45, 2.75) is 30.8 Å².